The molecule has 2 aromatic rings. The topological polar surface area (TPSA) is 15.8 Å². The van der Waals surface area contributed by atoms with Crippen LogP contribution in [0, 0.1) is 6.42 Å². The second kappa shape index (κ2) is 2.42. The predicted molar refractivity (Wildman–Crippen MR) is 47.4 cm³/mol. The fourth-order valence-electron chi connectivity index (χ4n) is 1.25. The molecule has 1 heterocycles. The van der Waals surface area contributed by atoms with Crippen molar-refractivity contribution in [2.75, 3.05) is 0 Å². The van der Waals surface area contributed by atoms with Gasteiger partial charge in [-0.05, 0) is 17.5 Å². The van der Waals surface area contributed by atoms with Gasteiger partial charge in [0, 0.05) is 17.6 Å². The van der Waals surface area contributed by atoms with E-state index in [0.717, 1.165) is 0 Å². The molecule has 55 valence electrons. The van der Waals surface area contributed by atoms with Crippen LogP contribution in [0.4, 0.5) is 0 Å². The summed E-state index contributed by atoms with van der Waals surface area (Å²) in [6.07, 6.45) is 2.07. The van der Waals surface area contributed by atoms with Crippen molar-refractivity contribution in [2.24, 2.45) is 0 Å². The zero-order valence-electron chi connectivity index (χ0n) is 6.46. The average molecular weight is 144 g/mol. The summed E-state index contributed by atoms with van der Waals surface area (Å²) in [5, 5.41) is 1.28. The lowest BCUT2D eigenvalue weighted by atomic mass is 10.2. The van der Waals surface area contributed by atoms with Crippen LogP contribution in [0.5, 0.6) is 0 Å². The van der Waals surface area contributed by atoms with Crippen molar-refractivity contribution in [3.63, 3.8) is 0 Å². The highest BCUT2D eigenvalue weighted by Gasteiger charge is 1.95. The third-order valence-electron chi connectivity index (χ3n) is 1.86. The normalized spacial score (nSPS) is 10.6. The van der Waals surface area contributed by atoms with Gasteiger partial charge in [-0.15, -0.1) is 0 Å². The maximum absolute atomic E-state index is 3.29. The van der Waals surface area contributed by atoms with Crippen LogP contribution in [0.3, 0.4) is 0 Å². The number of fused-ring (bicyclic) bond motifs is 1. The van der Waals surface area contributed by atoms with Gasteiger partial charge in [0.05, 0.1) is 0 Å². The number of aromatic nitrogens is 1. The highest BCUT2D eigenvalue weighted by atomic mass is 14.7. The maximum Gasteiger partial charge on any atom is 0.0456 e. The summed E-state index contributed by atoms with van der Waals surface area (Å²) in [5.74, 6) is 0. The van der Waals surface area contributed by atoms with Crippen LogP contribution < -0.4 is 0 Å². The number of para-hydroxylation sites is 1. The first-order valence-corrected chi connectivity index (χ1v) is 3.77. The number of hydrogen-bond acceptors (Lipinski definition) is 0. The Labute approximate surface area is 66.1 Å². The minimum Gasteiger partial charge on any atom is -0.358 e. The summed E-state index contributed by atoms with van der Waals surface area (Å²) in [4.78, 5) is 3.29. The van der Waals surface area contributed by atoms with Crippen molar-refractivity contribution < 1.29 is 0 Å². The quantitative estimate of drug-likeness (QED) is 0.633. The number of rotatable bonds is 1. The second-order valence-electron chi connectivity index (χ2n) is 2.60. The van der Waals surface area contributed by atoms with Crippen LogP contribution in [0.2, 0.25) is 0 Å². The molecule has 0 saturated heterocycles. The molecule has 0 fully saturated rings. The van der Waals surface area contributed by atoms with Crippen molar-refractivity contribution in [1.29, 1.82) is 0 Å². The van der Waals surface area contributed by atoms with Gasteiger partial charge in [-0.3, -0.25) is 0 Å². The number of benzene rings is 1. The van der Waals surface area contributed by atoms with Gasteiger partial charge in [0.2, 0.25) is 0 Å². The van der Waals surface area contributed by atoms with Crippen molar-refractivity contribution in [1.82, 2.24) is 4.98 Å². The first-order valence-electron chi connectivity index (χ1n) is 3.77. The zero-order chi connectivity index (χ0) is 7.68. The van der Waals surface area contributed by atoms with Gasteiger partial charge in [0.25, 0.3) is 0 Å². The summed E-state index contributed by atoms with van der Waals surface area (Å²) in [6, 6.07) is 10.4. The van der Waals surface area contributed by atoms with Gasteiger partial charge < -0.3 is 4.98 Å². The van der Waals surface area contributed by atoms with E-state index in [1.165, 1.54) is 16.6 Å². The summed E-state index contributed by atoms with van der Waals surface area (Å²) < 4.78 is 0. The molecule has 0 saturated carbocycles. The van der Waals surface area contributed by atoms with E-state index in [1.807, 2.05) is 13.0 Å². The molecule has 0 aliphatic carbocycles. The van der Waals surface area contributed by atoms with E-state index >= 15 is 0 Å². The lowest BCUT2D eigenvalue weighted by Gasteiger charge is -1.84. The Morgan fingerprint density at radius 2 is 2.09 bits per heavy atom. The van der Waals surface area contributed by atoms with Crippen LogP contribution in [-0.4, -0.2) is 4.98 Å². The van der Waals surface area contributed by atoms with Crippen LogP contribution in [-0.2, 0) is 0 Å². The van der Waals surface area contributed by atoms with E-state index < -0.39 is 0 Å². The van der Waals surface area contributed by atoms with Crippen molar-refractivity contribution in [3.8, 4) is 0 Å². The lowest BCUT2D eigenvalue weighted by Crippen LogP contribution is -1.71. The smallest absolute Gasteiger partial charge is 0.0456 e. The van der Waals surface area contributed by atoms with Crippen molar-refractivity contribution in [2.45, 2.75) is 6.92 Å². The molecule has 0 unspecified atom stereocenters. The van der Waals surface area contributed by atoms with Gasteiger partial charge in [0.15, 0.2) is 0 Å². The molecule has 1 heteroatoms. The van der Waals surface area contributed by atoms with Gasteiger partial charge >= 0.3 is 0 Å². The summed E-state index contributed by atoms with van der Waals surface area (Å²) >= 11 is 0. The average Bonchev–Trinajstić information content (AvgIpc) is 2.46. The monoisotopic (exact) mass is 144 g/mol. The Hall–Kier alpha value is -1.24. The zero-order valence-corrected chi connectivity index (χ0v) is 6.46. The molecular weight excluding hydrogens is 134 g/mol. The van der Waals surface area contributed by atoms with Gasteiger partial charge in [-0.25, -0.2) is 0 Å². The van der Waals surface area contributed by atoms with Gasteiger partial charge in [-0.1, -0.05) is 25.1 Å². The standard InChI is InChI=1S/C10H10N/c1-2-9-7-8-5-3-4-6-10(8)11-9/h2-7,11H,1H3. The molecule has 1 radical (unpaired) electrons. The minimum atomic E-state index is 1.19. The van der Waals surface area contributed by atoms with Gasteiger partial charge in [0.1, 0.15) is 0 Å². The van der Waals surface area contributed by atoms with E-state index in [-0.39, 0.29) is 0 Å². The number of H-pyrrole nitrogens is 1. The first-order chi connectivity index (χ1) is 5.40. The van der Waals surface area contributed by atoms with Crippen molar-refractivity contribution >= 4 is 10.9 Å². The van der Waals surface area contributed by atoms with Crippen molar-refractivity contribution in [3.05, 3.63) is 42.4 Å². The molecule has 1 aromatic carbocycles. The number of hydrogen-bond donors (Lipinski definition) is 1. The number of aromatic amines is 1. The molecule has 0 atom stereocenters. The molecule has 0 aliphatic rings. The second-order valence-corrected chi connectivity index (χ2v) is 2.60. The Kier molecular flexibility index (Phi) is 1.42. The fourth-order valence-corrected chi connectivity index (χ4v) is 1.25. The molecular formula is C10H10N. The van der Waals surface area contributed by atoms with E-state index in [9.17, 15) is 0 Å². The maximum atomic E-state index is 3.29. The Morgan fingerprint density at radius 1 is 1.27 bits per heavy atom. The van der Waals surface area contributed by atoms with E-state index in [4.69, 9.17) is 0 Å². The molecule has 1 N–H and O–H groups in total. The molecule has 0 bridgehead atoms. The molecule has 2 rings (SSSR count). The van der Waals surface area contributed by atoms with Crippen LogP contribution in [0.25, 0.3) is 10.9 Å². The fraction of sp³-hybridized carbons (Fsp3) is 0.100. The van der Waals surface area contributed by atoms with Crippen LogP contribution >= 0.6 is 0 Å². The molecule has 1 nitrogen and oxygen atoms in total. The lowest BCUT2D eigenvalue weighted by molar-refractivity contribution is 1.29. The summed E-state index contributed by atoms with van der Waals surface area (Å²) in [6.45, 7) is 2.03. The van der Waals surface area contributed by atoms with E-state index in [1.54, 1.807) is 0 Å². The largest absolute Gasteiger partial charge is 0.358 e. The van der Waals surface area contributed by atoms with Gasteiger partial charge in [-0.2, -0.15) is 0 Å². The predicted octanol–water partition coefficient (Wildman–Crippen LogP) is 2.74. The minimum absolute atomic E-state index is 1.19. The summed E-state index contributed by atoms with van der Waals surface area (Å²) in [5.41, 5.74) is 2.40. The Morgan fingerprint density at radius 3 is 2.82 bits per heavy atom. The van der Waals surface area contributed by atoms with Crippen LogP contribution in [0.15, 0.2) is 30.3 Å². The summed E-state index contributed by atoms with van der Waals surface area (Å²) in [7, 11) is 0. The third-order valence-corrected chi connectivity index (χ3v) is 1.86. The molecule has 11 heavy (non-hydrogen) atoms. The first kappa shape index (κ1) is 6.47. The highest BCUT2D eigenvalue weighted by Crippen LogP contribution is 2.14. The molecule has 1 aromatic heterocycles. The highest BCUT2D eigenvalue weighted by molar-refractivity contribution is 5.80. The number of nitrogens with one attached hydrogen (secondary N) is 1. The molecule has 0 aliphatic heterocycles. The van der Waals surface area contributed by atoms with E-state index in [2.05, 4.69) is 35.7 Å². The molecule has 0 spiro atoms. The molecule has 0 amide bonds. The Bertz CT molecular complexity index is 327. The SMILES string of the molecule is C[CH]c1cc2ccccc2[nH]1. The van der Waals surface area contributed by atoms with Crippen LogP contribution in [0.1, 0.15) is 12.6 Å². The third kappa shape index (κ3) is 1.03. The Balaban J connectivity index is 2.69. The van der Waals surface area contributed by atoms with E-state index in [0.29, 0.717) is 0 Å².